The zero-order chi connectivity index (χ0) is 23.6. The van der Waals surface area contributed by atoms with Gasteiger partial charge in [-0.2, -0.15) is 0 Å². The van der Waals surface area contributed by atoms with Crippen molar-refractivity contribution < 1.29 is 28.0 Å². The molecular weight excluding hydrogens is 440 g/mol. The molecule has 0 aliphatic carbocycles. The van der Waals surface area contributed by atoms with Crippen molar-refractivity contribution >= 4 is 25.0 Å². The van der Waals surface area contributed by atoms with Crippen molar-refractivity contribution in [3.63, 3.8) is 0 Å². The third-order valence-corrected chi connectivity index (χ3v) is 6.08. The average molecular weight is 464 g/mol. The van der Waals surface area contributed by atoms with Crippen LogP contribution in [0.3, 0.4) is 0 Å². The molecule has 3 N–H and O–H groups in total. The van der Waals surface area contributed by atoms with Gasteiger partial charge in [-0.1, -0.05) is 12.1 Å². The summed E-state index contributed by atoms with van der Waals surface area (Å²) in [5.74, 6) is -1.24. The lowest BCUT2D eigenvalue weighted by Crippen LogP contribution is -2.14. The Kier molecular flexibility index (Phi) is 7.39. The maximum absolute atomic E-state index is 13.6. The number of carbonyl (C=O) groups is 1. The summed E-state index contributed by atoms with van der Waals surface area (Å²) in [6, 6.07) is 11.4. The van der Waals surface area contributed by atoms with Gasteiger partial charge in [-0.15, -0.1) is 0 Å². The van der Waals surface area contributed by atoms with Gasteiger partial charge in [-0.3, -0.25) is 4.79 Å². The van der Waals surface area contributed by atoms with Gasteiger partial charge >= 0.3 is 0 Å². The van der Waals surface area contributed by atoms with E-state index in [0.29, 0.717) is 17.1 Å². The largest absolute Gasteiger partial charge is 0.393 e. The van der Waals surface area contributed by atoms with E-state index in [4.69, 9.17) is 0 Å². The molecule has 1 amide bonds. The second kappa shape index (κ2) is 9.86. The maximum atomic E-state index is 13.6. The monoisotopic (exact) mass is 464 g/mol. The second-order valence-corrected chi connectivity index (χ2v) is 9.12. The van der Waals surface area contributed by atoms with Crippen LogP contribution < -0.4 is 10.6 Å². The summed E-state index contributed by atoms with van der Waals surface area (Å²) in [5, 5.41) is 13.4. The molecule has 1 heterocycles. The van der Waals surface area contributed by atoms with Crippen LogP contribution >= 0.6 is 8.15 Å². The van der Waals surface area contributed by atoms with Crippen LogP contribution in [0.15, 0.2) is 48.5 Å². The summed E-state index contributed by atoms with van der Waals surface area (Å²) in [6.45, 7) is 4.86. The molecule has 1 aromatic heterocycles. The van der Waals surface area contributed by atoms with Crippen LogP contribution in [0.25, 0.3) is 5.69 Å². The molecule has 9 heteroatoms. The van der Waals surface area contributed by atoms with Crippen LogP contribution in [0.4, 0.5) is 18.9 Å². The van der Waals surface area contributed by atoms with Gasteiger partial charge in [0.05, 0.1) is 25.5 Å². The van der Waals surface area contributed by atoms with E-state index in [1.807, 2.05) is 0 Å². The molecule has 2 aromatic carbocycles. The molecule has 0 aliphatic rings. The van der Waals surface area contributed by atoms with Crippen molar-refractivity contribution in [1.82, 2.24) is 4.57 Å². The lowest BCUT2D eigenvalue weighted by atomic mass is 10.1. The number of aliphatic hydroxyl groups is 1. The molecule has 3 rings (SSSR count). The summed E-state index contributed by atoms with van der Waals surface area (Å²) in [5.41, 5.74) is 1.14. The topological polar surface area (TPSA) is 74.5 Å². The van der Waals surface area contributed by atoms with E-state index in [1.165, 1.54) is 10.6 Å². The van der Waals surface area contributed by atoms with E-state index in [-0.39, 0.29) is 17.7 Å². The Balaban J connectivity index is 2.04. The predicted octanol–water partition coefficient (Wildman–Crippen LogP) is 4.68. The Hall–Kier alpha value is -2.67. The van der Waals surface area contributed by atoms with E-state index in [2.05, 4.69) is 5.32 Å². The van der Waals surface area contributed by atoms with Crippen LogP contribution in [0.2, 0.25) is 0 Å². The van der Waals surface area contributed by atoms with E-state index in [1.54, 1.807) is 50.8 Å². The maximum Gasteiger partial charge on any atom is 0.265 e. The Bertz CT molecular complexity index is 1110. The van der Waals surface area contributed by atoms with Gasteiger partial charge < -0.3 is 19.9 Å². The summed E-state index contributed by atoms with van der Waals surface area (Å²) >= 11 is 0. The number of carbonyl (C=O) groups excluding carboxylic acids is 1. The number of alkyl halides is 2. The second-order valence-electron chi connectivity index (χ2n) is 7.55. The SMILES string of the molecule is Cc1c(C(=O)Nc2ccc(P(C)O)cc2)cc(CC(C)O)n1-c1ccc(F)cc1C(F)F. The van der Waals surface area contributed by atoms with Crippen molar-refractivity contribution in [2.24, 2.45) is 0 Å². The third kappa shape index (κ3) is 5.21. The number of halogens is 3. The first kappa shape index (κ1) is 24.0. The molecule has 3 aromatic rings. The smallest absolute Gasteiger partial charge is 0.265 e. The molecule has 0 radical (unpaired) electrons. The van der Waals surface area contributed by atoms with Gasteiger partial charge in [0.2, 0.25) is 0 Å². The number of amides is 1. The summed E-state index contributed by atoms with van der Waals surface area (Å²) in [7, 11) is -1.25. The molecule has 170 valence electrons. The zero-order valence-corrected chi connectivity index (χ0v) is 18.7. The number of aliphatic hydroxyl groups excluding tert-OH is 1. The average Bonchev–Trinajstić information content (AvgIpc) is 3.03. The number of anilines is 1. The van der Waals surface area contributed by atoms with Crippen LogP contribution in [-0.4, -0.2) is 33.2 Å². The van der Waals surface area contributed by atoms with Crippen molar-refractivity contribution in [2.45, 2.75) is 32.8 Å². The summed E-state index contributed by atoms with van der Waals surface area (Å²) in [6.07, 6.45) is -3.60. The third-order valence-electron chi connectivity index (χ3n) is 5.04. The fourth-order valence-corrected chi connectivity index (χ4v) is 4.13. The lowest BCUT2D eigenvalue weighted by Gasteiger charge is -2.17. The standard InChI is InChI=1S/C23H24F3N2O3P/c1-13(29)10-17-12-19(23(30)27-16-5-7-18(8-6-16)32(3)31)14(2)28(17)21-9-4-15(24)11-20(21)22(25)26/h4-9,11-13,22,29,31H,10H2,1-3H3,(H,27,30). The van der Waals surface area contributed by atoms with Gasteiger partial charge in [-0.25, -0.2) is 13.2 Å². The molecule has 2 atom stereocenters. The number of benzene rings is 2. The van der Waals surface area contributed by atoms with E-state index in [0.717, 1.165) is 17.4 Å². The zero-order valence-electron chi connectivity index (χ0n) is 17.8. The minimum atomic E-state index is -2.92. The van der Waals surface area contributed by atoms with Crippen LogP contribution in [0.5, 0.6) is 0 Å². The summed E-state index contributed by atoms with van der Waals surface area (Å²) < 4.78 is 42.4. The van der Waals surface area contributed by atoms with Crippen molar-refractivity contribution in [1.29, 1.82) is 0 Å². The number of hydrogen-bond acceptors (Lipinski definition) is 3. The number of hydrogen-bond donors (Lipinski definition) is 3. The number of rotatable bonds is 7. The fourth-order valence-electron chi connectivity index (χ4n) is 3.55. The van der Waals surface area contributed by atoms with Crippen molar-refractivity contribution in [3.05, 3.63) is 76.9 Å². The minimum Gasteiger partial charge on any atom is -0.393 e. The highest BCUT2D eigenvalue weighted by atomic mass is 31.1. The molecule has 0 saturated carbocycles. The molecule has 0 saturated heterocycles. The highest BCUT2D eigenvalue weighted by molar-refractivity contribution is 7.59. The molecule has 0 spiro atoms. The Morgan fingerprint density at radius 3 is 2.38 bits per heavy atom. The molecule has 0 aliphatic heterocycles. The van der Waals surface area contributed by atoms with Gasteiger partial charge in [0.1, 0.15) is 5.82 Å². The van der Waals surface area contributed by atoms with Gasteiger partial charge in [-0.05, 0) is 56.9 Å². The highest BCUT2D eigenvalue weighted by Gasteiger charge is 2.23. The van der Waals surface area contributed by atoms with E-state index in [9.17, 15) is 28.0 Å². The van der Waals surface area contributed by atoms with Crippen LogP contribution in [0, 0.1) is 12.7 Å². The first-order valence-corrected chi connectivity index (χ1v) is 11.6. The van der Waals surface area contributed by atoms with E-state index < -0.39 is 38.0 Å². The lowest BCUT2D eigenvalue weighted by molar-refractivity contribution is 0.102. The summed E-state index contributed by atoms with van der Waals surface area (Å²) in [4.78, 5) is 22.6. The Labute approximate surface area is 185 Å². The quantitative estimate of drug-likeness (QED) is 0.445. The van der Waals surface area contributed by atoms with Crippen LogP contribution in [-0.2, 0) is 6.42 Å². The minimum absolute atomic E-state index is 0.0530. The number of nitrogens with zero attached hydrogens (tertiary/aromatic N) is 1. The van der Waals surface area contributed by atoms with E-state index >= 15 is 0 Å². The molecule has 0 fully saturated rings. The normalized spacial score (nSPS) is 13.3. The van der Waals surface area contributed by atoms with Gasteiger partial charge in [0, 0.05) is 34.4 Å². The Morgan fingerprint density at radius 2 is 1.81 bits per heavy atom. The number of nitrogens with one attached hydrogen (secondary N) is 1. The predicted molar refractivity (Wildman–Crippen MR) is 120 cm³/mol. The molecule has 5 nitrogen and oxygen atoms in total. The molecular formula is C23H24F3N2O3P. The van der Waals surface area contributed by atoms with Gasteiger partial charge in [0.15, 0.2) is 0 Å². The molecule has 32 heavy (non-hydrogen) atoms. The first-order chi connectivity index (χ1) is 15.1. The van der Waals surface area contributed by atoms with Crippen LogP contribution in [0.1, 0.15) is 40.7 Å². The van der Waals surface area contributed by atoms with Crippen molar-refractivity contribution in [2.75, 3.05) is 12.0 Å². The first-order valence-electron chi connectivity index (χ1n) is 9.89. The molecule has 2 unspecified atom stereocenters. The van der Waals surface area contributed by atoms with Gasteiger partial charge in [0.25, 0.3) is 12.3 Å². The molecule has 0 bridgehead atoms. The number of aromatic nitrogens is 1. The fraction of sp³-hybridized carbons (Fsp3) is 0.261. The Morgan fingerprint density at radius 1 is 1.16 bits per heavy atom. The van der Waals surface area contributed by atoms with Crippen molar-refractivity contribution in [3.8, 4) is 5.69 Å². The highest BCUT2D eigenvalue weighted by Crippen LogP contribution is 2.31.